The molecule has 0 saturated carbocycles. The first-order valence-electron chi connectivity index (χ1n) is 10.3. The molecule has 6 nitrogen and oxygen atoms in total. The van der Waals surface area contributed by atoms with Crippen LogP contribution in [0.2, 0.25) is 0 Å². The molecule has 164 valence electrons. The van der Waals surface area contributed by atoms with Gasteiger partial charge in [0.25, 0.3) is 0 Å². The summed E-state index contributed by atoms with van der Waals surface area (Å²) in [6.07, 6.45) is 0.470. The number of hydrogen-bond acceptors (Lipinski definition) is 6. The fourth-order valence-electron chi connectivity index (χ4n) is 3.74. The van der Waals surface area contributed by atoms with E-state index in [-0.39, 0.29) is 12.2 Å². The van der Waals surface area contributed by atoms with Crippen LogP contribution in [0.15, 0.2) is 78.7 Å². The summed E-state index contributed by atoms with van der Waals surface area (Å²) < 4.78 is 25.7. The van der Waals surface area contributed by atoms with E-state index < -0.39 is 0 Å². The lowest BCUT2D eigenvalue weighted by atomic mass is 10.1. The molecule has 2 atom stereocenters. The van der Waals surface area contributed by atoms with Crippen LogP contribution < -0.4 is 0 Å². The molecule has 1 aliphatic heterocycles. The molecule has 1 aliphatic rings. The molecular formula is C24H20Br2N2O4. The Hall–Kier alpha value is -2.26. The first-order valence-corrected chi connectivity index (χ1v) is 11.9. The van der Waals surface area contributed by atoms with Gasteiger partial charge >= 0.3 is 0 Å². The van der Waals surface area contributed by atoms with E-state index in [4.69, 9.17) is 18.5 Å². The van der Waals surface area contributed by atoms with Gasteiger partial charge in [-0.1, -0.05) is 66.4 Å². The predicted molar refractivity (Wildman–Crippen MR) is 124 cm³/mol. The average Bonchev–Trinajstić information content (AvgIpc) is 3.43. The topological polar surface area (TPSA) is 70.5 Å². The zero-order valence-electron chi connectivity index (χ0n) is 17.0. The highest BCUT2D eigenvalue weighted by Gasteiger charge is 2.24. The van der Waals surface area contributed by atoms with Gasteiger partial charge in [0, 0.05) is 33.9 Å². The first-order chi connectivity index (χ1) is 15.7. The Morgan fingerprint density at radius 1 is 0.656 bits per heavy atom. The molecule has 3 heterocycles. The summed E-state index contributed by atoms with van der Waals surface area (Å²) in [6.45, 7) is 0.882. The summed E-state index contributed by atoms with van der Waals surface area (Å²) in [4.78, 5) is 0. The van der Waals surface area contributed by atoms with Crippen molar-refractivity contribution < 1.29 is 18.5 Å². The molecular weight excluding hydrogens is 540 g/mol. The third-order valence-corrected chi connectivity index (χ3v) is 6.25. The molecule has 2 aromatic heterocycles. The second kappa shape index (κ2) is 9.70. The highest BCUT2D eigenvalue weighted by Crippen LogP contribution is 2.31. The maximum atomic E-state index is 6.25. The number of nitrogens with zero attached hydrogens (tertiary/aromatic N) is 2. The van der Waals surface area contributed by atoms with Crippen LogP contribution in [-0.2, 0) is 22.3 Å². The van der Waals surface area contributed by atoms with Crippen LogP contribution in [0.5, 0.6) is 0 Å². The van der Waals surface area contributed by atoms with Crippen LogP contribution in [0.25, 0.3) is 0 Å². The fraction of sp³-hybridized carbons (Fsp3) is 0.250. The summed E-state index contributed by atoms with van der Waals surface area (Å²) in [7, 11) is 0. The number of ether oxygens (including phenoxy) is 2. The van der Waals surface area contributed by atoms with Crippen molar-refractivity contribution in [1.29, 1.82) is 0 Å². The molecule has 0 radical (unpaired) electrons. The highest BCUT2D eigenvalue weighted by atomic mass is 79.9. The molecule has 0 fully saturated rings. The molecule has 32 heavy (non-hydrogen) atoms. The molecule has 0 saturated heterocycles. The van der Waals surface area contributed by atoms with Gasteiger partial charge in [-0.25, -0.2) is 0 Å². The zero-order chi connectivity index (χ0) is 21.9. The van der Waals surface area contributed by atoms with Crippen molar-refractivity contribution in [1.82, 2.24) is 10.3 Å². The molecule has 4 aromatic rings. The minimum absolute atomic E-state index is 0.342. The van der Waals surface area contributed by atoms with Crippen molar-refractivity contribution in [3.63, 3.8) is 0 Å². The maximum Gasteiger partial charge on any atom is 0.139 e. The first kappa shape index (κ1) is 21.6. The number of aromatic nitrogens is 2. The summed E-state index contributed by atoms with van der Waals surface area (Å²) in [5, 5.41) is 8.57. The van der Waals surface area contributed by atoms with Crippen molar-refractivity contribution in [2.75, 3.05) is 13.2 Å². The van der Waals surface area contributed by atoms with Gasteiger partial charge in [0.15, 0.2) is 0 Å². The van der Waals surface area contributed by atoms with E-state index in [1.807, 2.05) is 60.7 Å². The van der Waals surface area contributed by atoms with E-state index in [1.165, 1.54) is 0 Å². The second-order valence-corrected chi connectivity index (χ2v) is 9.38. The standard InChI is InChI=1S/C24H20Br2N2O4/c25-17-5-1-3-15(11-17)23-21-13-19(31-27-21)8-10-30-24(16-4-2-6-18(26)12-16)22-14-20(32-28-22)7-9-29-23/h1-6,11-14,23-24H,7-10H2/t23-,24+. The fourth-order valence-corrected chi connectivity index (χ4v) is 4.57. The van der Waals surface area contributed by atoms with Gasteiger partial charge in [0.2, 0.25) is 0 Å². The number of rotatable bonds is 2. The smallest absolute Gasteiger partial charge is 0.139 e. The summed E-state index contributed by atoms with van der Waals surface area (Å²) >= 11 is 7.07. The van der Waals surface area contributed by atoms with Crippen LogP contribution in [0.3, 0.4) is 0 Å². The van der Waals surface area contributed by atoms with Gasteiger partial charge < -0.3 is 18.5 Å². The van der Waals surface area contributed by atoms with E-state index in [0.29, 0.717) is 26.1 Å². The number of halogens is 2. The normalized spacial score (nSPS) is 19.4. The van der Waals surface area contributed by atoms with Gasteiger partial charge in [0.05, 0.1) is 13.2 Å². The molecule has 2 aromatic carbocycles. The lowest BCUT2D eigenvalue weighted by Crippen LogP contribution is -2.10. The molecule has 0 spiro atoms. The molecule has 0 unspecified atom stereocenters. The SMILES string of the molecule is Brc1cccc([C@H]2OCCc3cc(no3)[C@H](c3cccc(Br)c3)OCCc3cc2no3)c1. The van der Waals surface area contributed by atoms with Crippen molar-refractivity contribution in [2.24, 2.45) is 0 Å². The lowest BCUT2D eigenvalue weighted by Gasteiger charge is -2.17. The lowest BCUT2D eigenvalue weighted by molar-refractivity contribution is 0.0703. The molecule has 8 heteroatoms. The number of hydrogen-bond donors (Lipinski definition) is 0. The van der Waals surface area contributed by atoms with Crippen LogP contribution in [0, 0.1) is 0 Å². The molecule has 0 amide bonds. The van der Waals surface area contributed by atoms with Crippen molar-refractivity contribution in [3.05, 3.63) is 104 Å². The number of fused-ring (bicyclic) bond motifs is 4. The van der Waals surface area contributed by atoms with Crippen LogP contribution >= 0.6 is 31.9 Å². The Kier molecular flexibility index (Phi) is 6.54. The third kappa shape index (κ3) is 4.88. The van der Waals surface area contributed by atoms with Gasteiger partial charge in [-0.2, -0.15) is 0 Å². The monoisotopic (exact) mass is 558 g/mol. The van der Waals surface area contributed by atoms with E-state index in [1.54, 1.807) is 0 Å². The summed E-state index contributed by atoms with van der Waals surface area (Å²) in [5.74, 6) is 1.49. The van der Waals surface area contributed by atoms with E-state index in [9.17, 15) is 0 Å². The molecule has 4 bridgehead atoms. The van der Waals surface area contributed by atoms with Crippen molar-refractivity contribution >= 4 is 31.9 Å². The minimum Gasteiger partial charge on any atom is -0.367 e. The number of benzene rings is 2. The summed E-state index contributed by atoms with van der Waals surface area (Å²) in [5.41, 5.74) is 3.46. The Morgan fingerprint density at radius 2 is 1.12 bits per heavy atom. The Balaban J connectivity index is 1.44. The van der Waals surface area contributed by atoms with Crippen LogP contribution in [0.4, 0.5) is 0 Å². The van der Waals surface area contributed by atoms with Gasteiger partial charge in [-0.05, 0) is 35.4 Å². The highest BCUT2D eigenvalue weighted by molar-refractivity contribution is 9.10. The second-order valence-electron chi connectivity index (χ2n) is 7.55. The van der Waals surface area contributed by atoms with Gasteiger partial charge in [-0.3, -0.25) is 0 Å². The van der Waals surface area contributed by atoms with Crippen molar-refractivity contribution in [2.45, 2.75) is 25.0 Å². The Morgan fingerprint density at radius 3 is 1.56 bits per heavy atom. The molecule has 0 N–H and O–H groups in total. The van der Waals surface area contributed by atoms with E-state index in [2.05, 4.69) is 42.2 Å². The molecule has 5 rings (SSSR count). The van der Waals surface area contributed by atoms with E-state index >= 15 is 0 Å². The minimum atomic E-state index is -0.342. The third-order valence-electron chi connectivity index (χ3n) is 5.26. The zero-order valence-corrected chi connectivity index (χ0v) is 20.2. The van der Waals surface area contributed by atoms with Crippen LogP contribution in [0.1, 0.15) is 46.2 Å². The Bertz CT molecular complexity index is 1110. The average molecular weight is 560 g/mol. The van der Waals surface area contributed by atoms with Crippen LogP contribution in [-0.4, -0.2) is 23.5 Å². The molecule has 0 aliphatic carbocycles. The quantitative estimate of drug-likeness (QED) is 0.291. The van der Waals surface area contributed by atoms with Gasteiger partial charge in [0.1, 0.15) is 35.1 Å². The predicted octanol–water partition coefficient (Wildman–Crippen LogP) is 6.20. The summed E-state index contributed by atoms with van der Waals surface area (Å²) in [6, 6.07) is 19.9. The maximum absolute atomic E-state index is 6.25. The van der Waals surface area contributed by atoms with Gasteiger partial charge in [-0.15, -0.1) is 0 Å². The van der Waals surface area contributed by atoms with E-state index in [0.717, 1.165) is 43.0 Å². The largest absolute Gasteiger partial charge is 0.367 e. The van der Waals surface area contributed by atoms with Crippen molar-refractivity contribution in [3.8, 4) is 0 Å². The Labute approximate surface area is 202 Å².